The molecule has 0 amide bonds. The summed E-state index contributed by atoms with van der Waals surface area (Å²) in [6.45, 7) is 6.73. The molecule has 0 aliphatic carbocycles. The zero-order chi connectivity index (χ0) is 12.2. The van der Waals surface area contributed by atoms with Crippen molar-refractivity contribution < 1.29 is 5.11 Å². The quantitative estimate of drug-likeness (QED) is 0.773. The average Bonchev–Trinajstić information content (AvgIpc) is 2.72. The Morgan fingerprint density at radius 2 is 2.12 bits per heavy atom. The van der Waals surface area contributed by atoms with Crippen LogP contribution in [0.25, 0.3) is 0 Å². The van der Waals surface area contributed by atoms with Gasteiger partial charge in [0.05, 0.1) is 11.8 Å². The zero-order valence-electron chi connectivity index (χ0n) is 10.7. The summed E-state index contributed by atoms with van der Waals surface area (Å²) >= 11 is 0. The lowest BCUT2D eigenvalue weighted by Gasteiger charge is -2.27. The van der Waals surface area contributed by atoms with Gasteiger partial charge in [-0.25, -0.2) is 0 Å². The maximum atomic E-state index is 10.1. The second-order valence-electron chi connectivity index (χ2n) is 4.48. The lowest BCUT2D eigenvalue weighted by Crippen LogP contribution is -2.40. The Hall–Kier alpha value is -0.870. The van der Waals surface area contributed by atoms with Crippen molar-refractivity contribution in [2.24, 2.45) is 7.05 Å². The fourth-order valence-corrected chi connectivity index (χ4v) is 1.62. The van der Waals surface area contributed by atoms with Gasteiger partial charge >= 0.3 is 0 Å². The molecule has 0 bridgehead atoms. The molecule has 1 heterocycles. The Morgan fingerprint density at radius 3 is 2.56 bits per heavy atom. The first kappa shape index (κ1) is 13.2. The summed E-state index contributed by atoms with van der Waals surface area (Å²) in [7, 11) is 1.91. The SMILES string of the molecule is CCC(O)(CC)CNC(C)c1cnn(C)c1. The first-order chi connectivity index (χ1) is 7.50. The lowest BCUT2D eigenvalue weighted by atomic mass is 9.97. The summed E-state index contributed by atoms with van der Waals surface area (Å²) in [6, 6.07) is 0.221. The number of aliphatic hydroxyl groups is 1. The molecule has 0 fully saturated rings. The minimum Gasteiger partial charge on any atom is -0.389 e. The highest BCUT2D eigenvalue weighted by Crippen LogP contribution is 2.16. The molecule has 1 atom stereocenters. The average molecular weight is 225 g/mol. The van der Waals surface area contributed by atoms with Crippen molar-refractivity contribution in [3.05, 3.63) is 18.0 Å². The van der Waals surface area contributed by atoms with Gasteiger partial charge < -0.3 is 10.4 Å². The lowest BCUT2D eigenvalue weighted by molar-refractivity contribution is 0.0303. The predicted octanol–water partition coefficient (Wildman–Crippen LogP) is 1.62. The second-order valence-corrected chi connectivity index (χ2v) is 4.48. The highest BCUT2D eigenvalue weighted by molar-refractivity contribution is 5.09. The molecule has 4 nitrogen and oxygen atoms in total. The standard InChI is InChI=1S/C12H23N3O/c1-5-12(16,6-2)9-13-10(3)11-7-14-15(4)8-11/h7-8,10,13,16H,5-6,9H2,1-4H3. The Bertz CT molecular complexity index is 318. The highest BCUT2D eigenvalue weighted by Gasteiger charge is 2.22. The Labute approximate surface area is 97.7 Å². The largest absolute Gasteiger partial charge is 0.389 e. The van der Waals surface area contributed by atoms with Crippen LogP contribution >= 0.6 is 0 Å². The van der Waals surface area contributed by atoms with E-state index >= 15 is 0 Å². The van der Waals surface area contributed by atoms with Crippen LogP contribution in [0.1, 0.15) is 45.2 Å². The maximum Gasteiger partial charge on any atom is 0.0766 e. The monoisotopic (exact) mass is 225 g/mol. The van der Waals surface area contributed by atoms with Crippen molar-refractivity contribution in [2.75, 3.05) is 6.54 Å². The highest BCUT2D eigenvalue weighted by atomic mass is 16.3. The van der Waals surface area contributed by atoms with Crippen molar-refractivity contribution in [3.8, 4) is 0 Å². The van der Waals surface area contributed by atoms with Crippen molar-refractivity contribution in [3.63, 3.8) is 0 Å². The fourth-order valence-electron chi connectivity index (χ4n) is 1.62. The molecule has 92 valence electrons. The molecule has 0 aliphatic heterocycles. The van der Waals surface area contributed by atoms with Crippen LogP contribution in [0.5, 0.6) is 0 Å². The van der Waals surface area contributed by atoms with Crippen LogP contribution in [0, 0.1) is 0 Å². The van der Waals surface area contributed by atoms with E-state index in [-0.39, 0.29) is 6.04 Å². The zero-order valence-corrected chi connectivity index (χ0v) is 10.7. The smallest absolute Gasteiger partial charge is 0.0766 e. The predicted molar refractivity (Wildman–Crippen MR) is 65.2 cm³/mol. The van der Waals surface area contributed by atoms with E-state index in [1.165, 1.54) is 0 Å². The molecule has 16 heavy (non-hydrogen) atoms. The van der Waals surface area contributed by atoms with Gasteiger partial charge in [-0.05, 0) is 19.8 Å². The van der Waals surface area contributed by atoms with Gasteiger partial charge in [-0.3, -0.25) is 4.68 Å². The minimum absolute atomic E-state index is 0.221. The molecule has 2 N–H and O–H groups in total. The summed E-state index contributed by atoms with van der Waals surface area (Å²) in [5, 5.41) is 17.6. The molecule has 0 aromatic carbocycles. The summed E-state index contributed by atoms with van der Waals surface area (Å²) in [4.78, 5) is 0. The van der Waals surface area contributed by atoms with Crippen molar-refractivity contribution in [1.82, 2.24) is 15.1 Å². The molecule has 1 aromatic rings. The summed E-state index contributed by atoms with van der Waals surface area (Å²) < 4.78 is 1.79. The van der Waals surface area contributed by atoms with Crippen molar-refractivity contribution in [1.29, 1.82) is 0 Å². The van der Waals surface area contributed by atoms with Gasteiger partial charge in [-0.2, -0.15) is 5.10 Å². The van der Waals surface area contributed by atoms with Crippen LogP contribution in [-0.2, 0) is 7.05 Å². The first-order valence-electron chi connectivity index (χ1n) is 5.95. The van der Waals surface area contributed by atoms with E-state index in [9.17, 15) is 5.11 Å². The van der Waals surface area contributed by atoms with E-state index in [2.05, 4.69) is 17.3 Å². The van der Waals surface area contributed by atoms with Crippen LogP contribution in [0.3, 0.4) is 0 Å². The van der Waals surface area contributed by atoms with E-state index in [0.29, 0.717) is 6.54 Å². The Balaban J connectivity index is 2.49. The Morgan fingerprint density at radius 1 is 1.50 bits per heavy atom. The van der Waals surface area contributed by atoms with Gasteiger partial charge in [0.1, 0.15) is 0 Å². The van der Waals surface area contributed by atoms with Crippen LogP contribution in [-0.4, -0.2) is 27.0 Å². The number of nitrogens with one attached hydrogen (secondary N) is 1. The van der Waals surface area contributed by atoms with E-state index in [4.69, 9.17) is 0 Å². The summed E-state index contributed by atoms with van der Waals surface area (Å²) in [5.41, 5.74) is 0.563. The molecular weight excluding hydrogens is 202 g/mol. The Kier molecular flexibility index (Phi) is 4.50. The molecule has 0 aliphatic rings. The molecule has 1 unspecified atom stereocenters. The van der Waals surface area contributed by atoms with E-state index in [1.807, 2.05) is 33.3 Å². The topological polar surface area (TPSA) is 50.1 Å². The molecule has 0 saturated carbocycles. The van der Waals surface area contributed by atoms with Crippen LogP contribution in [0.2, 0.25) is 0 Å². The van der Waals surface area contributed by atoms with Gasteiger partial charge in [-0.15, -0.1) is 0 Å². The van der Waals surface area contributed by atoms with Gasteiger partial charge in [0.25, 0.3) is 0 Å². The summed E-state index contributed by atoms with van der Waals surface area (Å²) in [5.74, 6) is 0. The van der Waals surface area contributed by atoms with Gasteiger partial charge in [-0.1, -0.05) is 13.8 Å². The van der Waals surface area contributed by atoms with Gasteiger partial charge in [0.2, 0.25) is 0 Å². The molecule has 1 rings (SSSR count). The third-order valence-corrected chi connectivity index (χ3v) is 3.28. The molecule has 0 saturated heterocycles. The number of hydrogen-bond donors (Lipinski definition) is 2. The number of aromatic nitrogens is 2. The number of aryl methyl sites for hydroxylation is 1. The minimum atomic E-state index is -0.587. The van der Waals surface area contributed by atoms with E-state index in [1.54, 1.807) is 4.68 Å². The van der Waals surface area contributed by atoms with Gasteiger partial charge in [0, 0.05) is 31.4 Å². The van der Waals surface area contributed by atoms with E-state index in [0.717, 1.165) is 18.4 Å². The first-order valence-corrected chi connectivity index (χ1v) is 5.95. The molecular formula is C12H23N3O. The molecule has 0 spiro atoms. The molecule has 4 heteroatoms. The molecule has 0 radical (unpaired) electrons. The normalized spacial score (nSPS) is 14.1. The third kappa shape index (κ3) is 3.32. The number of nitrogens with zero attached hydrogens (tertiary/aromatic N) is 2. The fraction of sp³-hybridized carbons (Fsp3) is 0.750. The van der Waals surface area contributed by atoms with Crippen LogP contribution < -0.4 is 5.32 Å². The van der Waals surface area contributed by atoms with Crippen LogP contribution in [0.15, 0.2) is 12.4 Å². The second kappa shape index (κ2) is 5.46. The summed E-state index contributed by atoms with van der Waals surface area (Å²) in [6.07, 6.45) is 5.40. The number of rotatable bonds is 6. The van der Waals surface area contributed by atoms with Crippen LogP contribution in [0.4, 0.5) is 0 Å². The number of hydrogen-bond acceptors (Lipinski definition) is 3. The van der Waals surface area contributed by atoms with Gasteiger partial charge in [0.15, 0.2) is 0 Å². The van der Waals surface area contributed by atoms with Crippen molar-refractivity contribution in [2.45, 2.75) is 45.3 Å². The van der Waals surface area contributed by atoms with Crippen molar-refractivity contribution >= 4 is 0 Å². The third-order valence-electron chi connectivity index (χ3n) is 3.28. The molecule has 1 aromatic heterocycles. The van der Waals surface area contributed by atoms with E-state index < -0.39 is 5.60 Å². The maximum absolute atomic E-state index is 10.1.